The van der Waals surface area contributed by atoms with Gasteiger partial charge < -0.3 is 10.2 Å². The maximum atomic E-state index is 4.82. The molecule has 2 aromatic heterocycles. The molecule has 0 amide bonds. The first-order chi connectivity index (χ1) is 10.3. The minimum absolute atomic E-state index is 0.696. The fourth-order valence-corrected chi connectivity index (χ4v) is 4.90. The molecule has 1 aliphatic carbocycles. The quantitative estimate of drug-likeness (QED) is 0.916. The SMILES string of the molecule is CNc1nc(N2CCC3CCCCC32)c2cc(C)sc2n1. The van der Waals surface area contributed by atoms with Gasteiger partial charge in [-0.15, -0.1) is 11.3 Å². The molecule has 0 aromatic carbocycles. The second kappa shape index (κ2) is 5.13. The van der Waals surface area contributed by atoms with Crippen LogP contribution >= 0.6 is 11.3 Å². The van der Waals surface area contributed by atoms with E-state index in [4.69, 9.17) is 4.98 Å². The molecule has 2 atom stereocenters. The van der Waals surface area contributed by atoms with Gasteiger partial charge >= 0.3 is 0 Å². The first-order valence-corrected chi connectivity index (χ1v) is 8.80. The predicted octanol–water partition coefficient (Wildman–Crippen LogP) is 3.81. The van der Waals surface area contributed by atoms with Crippen LogP contribution in [0.2, 0.25) is 0 Å². The van der Waals surface area contributed by atoms with E-state index in [1.54, 1.807) is 11.3 Å². The van der Waals surface area contributed by atoms with Crippen molar-refractivity contribution in [1.82, 2.24) is 9.97 Å². The zero-order chi connectivity index (χ0) is 14.4. The van der Waals surface area contributed by atoms with Crippen molar-refractivity contribution in [3.05, 3.63) is 10.9 Å². The van der Waals surface area contributed by atoms with Gasteiger partial charge in [-0.1, -0.05) is 12.8 Å². The first-order valence-electron chi connectivity index (χ1n) is 7.99. The molecule has 4 rings (SSSR count). The van der Waals surface area contributed by atoms with Crippen LogP contribution in [0.1, 0.15) is 37.0 Å². The smallest absolute Gasteiger partial charge is 0.225 e. The summed E-state index contributed by atoms with van der Waals surface area (Å²) < 4.78 is 0. The lowest BCUT2D eigenvalue weighted by molar-refractivity contribution is 0.341. The van der Waals surface area contributed by atoms with Crippen molar-refractivity contribution in [3.8, 4) is 0 Å². The molecule has 2 fully saturated rings. The lowest BCUT2D eigenvalue weighted by atomic mass is 9.85. The van der Waals surface area contributed by atoms with Crippen LogP contribution in [0.4, 0.5) is 11.8 Å². The molecule has 2 aromatic rings. The van der Waals surface area contributed by atoms with Gasteiger partial charge in [0.2, 0.25) is 5.95 Å². The van der Waals surface area contributed by atoms with Crippen molar-refractivity contribution in [2.75, 3.05) is 23.8 Å². The van der Waals surface area contributed by atoms with Gasteiger partial charge in [0.15, 0.2) is 0 Å². The Kier molecular flexibility index (Phi) is 3.25. The van der Waals surface area contributed by atoms with Crippen LogP contribution in [0.5, 0.6) is 0 Å². The third kappa shape index (κ3) is 2.18. The van der Waals surface area contributed by atoms with E-state index in [2.05, 4.69) is 28.2 Å². The highest BCUT2D eigenvalue weighted by Gasteiger charge is 2.37. The number of aryl methyl sites for hydroxylation is 1. The van der Waals surface area contributed by atoms with Crippen LogP contribution < -0.4 is 10.2 Å². The Bertz CT molecular complexity index is 666. The number of aromatic nitrogens is 2. The normalized spacial score (nSPS) is 25.3. The summed E-state index contributed by atoms with van der Waals surface area (Å²) in [4.78, 5) is 14.4. The van der Waals surface area contributed by atoms with E-state index in [9.17, 15) is 0 Å². The number of rotatable bonds is 2. The van der Waals surface area contributed by atoms with Crippen LogP contribution in [-0.4, -0.2) is 29.6 Å². The van der Waals surface area contributed by atoms with E-state index >= 15 is 0 Å². The van der Waals surface area contributed by atoms with E-state index in [1.165, 1.54) is 42.4 Å². The summed E-state index contributed by atoms with van der Waals surface area (Å²) >= 11 is 1.77. The highest BCUT2D eigenvalue weighted by atomic mass is 32.1. The van der Waals surface area contributed by atoms with Crippen LogP contribution in [0, 0.1) is 12.8 Å². The Balaban J connectivity index is 1.81. The van der Waals surface area contributed by atoms with Gasteiger partial charge in [-0.25, -0.2) is 4.98 Å². The van der Waals surface area contributed by atoms with Crippen molar-refractivity contribution in [2.24, 2.45) is 5.92 Å². The molecule has 112 valence electrons. The molecule has 2 unspecified atom stereocenters. The average Bonchev–Trinajstić information content (AvgIpc) is 3.08. The Morgan fingerprint density at radius 2 is 2.10 bits per heavy atom. The second-order valence-electron chi connectivity index (χ2n) is 6.29. The number of nitrogens with zero attached hydrogens (tertiary/aromatic N) is 3. The number of anilines is 2. The maximum absolute atomic E-state index is 4.82. The number of nitrogens with one attached hydrogen (secondary N) is 1. The second-order valence-corrected chi connectivity index (χ2v) is 7.53. The summed E-state index contributed by atoms with van der Waals surface area (Å²) in [5.74, 6) is 2.78. The molecule has 0 bridgehead atoms. The lowest BCUT2D eigenvalue weighted by Gasteiger charge is -2.32. The van der Waals surface area contributed by atoms with Crippen LogP contribution in [0.3, 0.4) is 0 Å². The molecule has 21 heavy (non-hydrogen) atoms. The molecule has 3 heterocycles. The Labute approximate surface area is 129 Å². The molecule has 4 nitrogen and oxygen atoms in total. The third-order valence-corrected chi connectivity index (χ3v) is 5.95. The summed E-state index contributed by atoms with van der Waals surface area (Å²) in [5.41, 5.74) is 0. The summed E-state index contributed by atoms with van der Waals surface area (Å²) in [6.45, 7) is 3.31. The number of hydrogen-bond acceptors (Lipinski definition) is 5. The zero-order valence-electron chi connectivity index (χ0n) is 12.7. The molecule has 5 heteroatoms. The molecular formula is C16H22N4S. The highest BCUT2D eigenvalue weighted by Crippen LogP contribution is 2.41. The average molecular weight is 302 g/mol. The van der Waals surface area contributed by atoms with Crippen LogP contribution in [0.25, 0.3) is 10.2 Å². The largest absolute Gasteiger partial charge is 0.357 e. The van der Waals surface area contributed by atoms with Crippen molar-refractivity contribution in [1.29, 1.82) is 0 Å². The van der Waals surface area contributed by atoms with Gasteiger partial charge in [-0.3, -0.25) is 0 Å². The lowest BCUT2D eigenvalue weighted by Crippen LogP contribution is -2.35. The Hall–Kier alpha value is -1.36. The van der Waals surface area contributed by atoms with Crippen molar-refractivity contribution in [3.63, 3.8) is 0 Å². The van der Waals surface area contributed by atoms with E-state index < -0.39 is 0 Å². The van der Waals surface area contributed by atoms with Gasteiger partial charge in [-0.05, 0) is 38.2 Å². The summed E-state index contributed by atoms with van der Waals surface area (Å²) in [6, 6.07) is 2.95. The van der Waals surface area contributed by atoms with Gasteiger partial charge in [0.1, 0.15) is 10.6 Å². The van der Waals surface area contributed by atoms with E-state index in [0.717, 1.165) is 29.1 Å². The molecular weight excluding hydrogens is 280 g/mol. The first kappa shape index (κ1) is 13.3. The zero-order valence-corrected chi connectivity index (χ0v) is 13.5. The van der Waals surface area contributed by atoms with Crippen LogP contribution in [-0.2, 0) is 0 Å². The molecule has 0 spiro atoms. The van der Waals surface area contributed by atoms with Gasteiger partial charge in [0.25, 0.3) is 0 Å². The molecule has 1 N–H and O–H groups in total. The van der Waals surface area contributed by atoms with Gasteiger partial charge in [-0.2, -0.15) is 4.98 Å². The fourth-order valence-electron chi connectivity index (χ4n) is 4.03. The van der Waals surface area contributed by atoms with Gasteiger partial charge in [0, 0.05) is 24.5 Å². The third-order valence-electron chi connectivity index (χ3n) is 5.00. The molecule has 0 radical (unpaired) electrons. The van der Waals surface area contributed by atoms with Crippen molar-refractivity contribution < 1.29 is 0 Å². The molecule has 2 aliphatic rings. The topological polar surface area (TPSA) is 41.1 Å². The summed E-state index contributed by atoms with van der Waals surface area (Å²) in [5, 5.41) is 4.36. The number of thiophene rings is 1. The van der Waals surface area contributed by atoms with E-state index in [0.29, 0.717) is 6.04 Å². The summed E-state index contributed by atoms with van der Waals surface area (Å²) in [6.07, 6.45) is 6.83. The monoisotopic (exact) mass is 302 g/mol. The van der Waals surface area contributed by atoms with Crippen molar-refractivity contribution in [2.45, 2.75) is 45.1 Å². The standard InChI is InChI=1S/C16H22N4S/c1-10-9-12-14(18-16(17-2)19-15(12)21-10)20-8-7-11-5-3-4-6-13(11)20/h9,11,13H,3-8H2,1-2H3,(H,17,18,19). The predicted molar refractivity (Wildman–Crippen MR) is 89.4 cm³/mol. The van der Waals surface area contributed by atoms with Crippen LogP contribution in [0.15, 0.2) is 6.07 Å². The Morgan fingerprint density at radius 3 is 2.95 bits per heavy atom. The highest BCUT2D eigenvalue weighted by molar-refractivity contribution is 7.18. The minimum Gasteiger partial charge on any atom is -0.357 e. The van der Waals surface area contributed by atoms with E-state index in [1.807, 2.05) is 7.05 Å². The minimum atomic E-state index is 0.696. The molecule has 1 saturated carbocycles. The number of hydrogen-bond donors (Lipinski definition) is 1. The molecule has 1 saturated heterocycles. The van der Waals surface area contributed by atoms with Gasteiger partial charge in [0.05, 0.1) is 5.39 Å². The van der Waals surface area contributed by atoms with Crippen molar-refractivity contribution >= 4 is 33.3 Å². The Morgan fingerprint density at radius 1 is 1.24 bits per heavy atom. The molecule has 1 aliphatic heterocycles. The van der Waals surface area contributed by atoms with E-state index in [-0.39, 0.29) is 0 Å². The fraction of sp³-hybridized carbons (Fsp3) is 0.625. The number of fused-ring (bicyclic) bond motifs is 2. The summed E-state index contributed by atoms with van der Waals surface area (Å²) in [7, 11) is 1.90. The maximum Gasteiger partial charge on any atom is 0.225 e.